The molecule has 0 aliphatic heterocycles. The summed E-state index contributed by atoms with van der Waals surface area (Å²) >= 11 is 0. The monoisotopic (exact) mass is 394 g/mol. The van der Waals surface area contributed by atoms with Crippen LogP contribution in [0.1, 0.15) is 0 Å². The van der Waals surface area contributed by atoms with Crippen molar-refractivity contribution in [2.45, 2.75) is 0 Å². The van der Waals surface area contributed by atoms with E-state index in [0.29, 0.717) is 0 Å². The molecule has 2 rings (SSSR count). The Morgan fingerprint density at radius 3 is 1.42 bits per heavy atom. The van der Waals surface area contributed by atoms with E-state index in [0.717, 1.165) is 16.1 Å². The summed E-state index contributed by atoms with van der Waals surface area (Å²) in [5.41, 5.74) is 1.16. The minimum absolute atomic E-state index is 0.852. The average molecular weight is 395 g/mol. The fraction of sp³-hybridized carbons (Fsp3) is 0.333. The predicted molar refractivity (Wildman–Crippen MR) is 105 cm³/mol. The number of rotatable bonds is 9. The Hall–Kier alpha value is -1.37. The minimum atomic E-state index is -3.23. The van der Waals surface area contributed by atoms with Gasteiger partial charge in [0.2, 0.25) is 0 Å². The third-order valence-electron chi connectivity index (χ3n) is 4.29. The predicted octanol–water partition coefficient (Wildman–Crippen LogP) is 0.0568. The van der Waals surface area contributed by atoms with Gasteiger partial charge in [-0.3, -0.25) is 0 Å². The Morgan fingerprint density at radius 2 is 1.04 bits per heavy atom. The lowest BCUT2D eigenvalue weighted by Gasteiger charge is -2.35. The molecule has 0 spiro atoms. The second-order valence-corrected chi connectivity index (χ2v) is 11.8. The van der Waals surface area contributed by atoms with Crippen LogP contribution in [0.3, 0.4) is 0 Å². The molecule has 2 aromatic carbocycles. The first-order valence-corrected chi connectivity index (χ1v) is 11.8. The van der Waals surface area contributed by atoms with Crippen LogP contribution in [0.15, 0.2) is 54.6 Å². The molecule has 0 aliphatic rings. The zero-order chi connectivity index (χ0) is 19.2. The largest absolute Gasteiger partial charge is 0.529 e. The number of hydrogen-bond acceptors (Lipinski definition) is 5. The highest BCUT2D eigenvalue weighted by Crippen LogP contribution is 2.18. The van der Waals surface area contributed by atoms with E-state index < -0.39 is 17.6 Å². The standard InChI is InChI=1S/C18H27NO5Si2/c1-19(2)16-12-14-18(15-13-16)26(22-5,23-6)24-25(20-3,21-4)17-10-8-7-9-11-17/h7-15H,1-6H3/p+1. The third-order valence-corrected chi connectivity index (χ3v) is 10.7. The molecule has 0 fully saturated rings. The van der Waals surface area contributed by atoms with Gasteiger partial charge in [-0.1, -0.05) is 30.3 Å². The average Bonchev–Trinajstić information content (AvgIpc) is 2.71. The van der Waals surface area contributed by atoms with Crippen molar-refractivity contribution < 1.29 is 26.7 Å². The van der Waals surface area contributed by atoms with E-state index in [1.165, 1.54) is 4.90 Å². The first-order chi connectivity index (χ1) is 12.5. The molecule has 2 aromatic rings. The molecule has 0 heterocycles. The molecule has 1 N–H and O–H groups in total. The molecule has 6 nitrogen and oxygen atoms in total. The lowest BCUT2D eigenvalue weighted by atomic mass is 10.3. The van der Waals surface area contributed by atoms with E-state index in [1.54, 1.807) is 28.4 Å². The van der Waals surface area contributed by atoms with E-state index >= 15 is 0 Å². The number of benzene rings is 2. The summed E-state index contributed by atoms with van der Waals surface area (Å²) in [7, 11) is 4.07. The van der Waals surface area contributed by atoms with Gasteiger partial charge < -0.3 is 26.7 Å². The normalized spacial score (nSPS) is 12.6. The van der Waals surface area contributed by atoms with E-state index in [-0.39, 0.29) is 0 Å². The summed E-state index contributed by atoms with van der Waals surface area (Å²) in [4.78, 5) is 1.24. The summed E-state index contributed by atoms with van der Waals surface area (Å²) < 4.78 is 29.7. The number of hydrogen-bond donors (Lipinski definition) is 1. The van der Waals surface area contributed by atoms with Crippen molar-refractivity contribution in [1.29, 1.82) is 0 Å². The van der Waals surface area contributed by atoms with Gasteiger partial charge in [0.1, 0.15) is 5.69 Å². The summed E-state index contributed by atoms with van der Waals surface area (Å²) in [5, 5.41) is 1.71. The lowest BCUT2D eigenvalue weighted by molar-refractivity contribution is -0.786. The van der Waals surface area contributed by atoms with Crippen LogP contribution in [0.2, 0.25) is 0 Å². The summed E-state index contributed by atoms with van der Waals surface area (Å²) in [6.45, 7) is 0. The van der Waals surface area contributed by atoms with E-state index in [4.69, 9.17) is 21.8 Å². The fourth-order valence-corrected chi connectivity index (χ4v) is 8.89. The molecule has 8 heteroatoms. The van der Waals surface area contributed by atoms with Gasteiger partial charge in [0.25, 0.3) is 0 Å². The highest BCUT2D eigenvalue weighted by atomic mass is 28.5. The number of quaternary nitrogens is 1. The molecule has 0 bridgehead atoms. The summed E-state index contributed by atoms with van der Waals surface area (Å²) in [5.74, 6) is 0. The van der Waals surface area contributed by atoms with Crippen LogP contribution < -0.4 is 15.3 Å². The van der Waals surface area contributed by atoms with Gasteiger partial charge >= 0.3 is 17.6 Å². The SMILES string of the molecule is CO[Si](OC)(O[Si](OC)(OC)c1ccc([NH+](C)C)cc1)c1ccccc1. The Kier molecular flexibility index (Phi) is 7.27. The Morgan fingerprint density at radius 1 is 0.615 bits per heavy atom. The summed E-state index contributed by atoms with van der Waals surface area (Å²) in [6, 6.07) is 17.7. The maximum atomic E-state index is 6.48. The first-order valence-electron chi connectivity index (χ1n) is 8.34. The molecular formula is C18H28NO5Si2+. The van der Waals surface area contributed by atoms with E-state index in [9.17, 15) is 0 Å². The summed E-state index contributed by atoms with van der Waals surface area (Å²) in [6.07, 6.45) is 0. The van der Waals surface area contributed by atoms with Crippen LogP contribution >= 0.6 is 0 Å². The topological polar surface area (TPSA) is 50.6 Å². The van der Waals surface area contributed by atoms with Crippen LogP contribution in [-0.4, -0.2) is 60.1 Å². The zero-order valence-electron chi connectivity index (χ0n) is 16.2. The van der Waals surface area contributed by atoms with Crippen LogP contribution in [0.5, 0.6) is 0 Å². The van der Waals surface area contributed by atoms with Gasteiger partial charge in [-0.25, -0.2) is 0 Å². The molecule has 0 saturated carbocycles. The van der Waals surface area contributed by atoms with Crippen molar-refractivity contribution in [3.8, 4) is 0 Å². The molecule has 0 unspecified atom stereocenters. The van der Waals surface area contributed by atoms with Crippen LogP contribution in [0.4, 0.5) is 5.69 Å². The van der Waals surface area contributed by atoms with Gasteiger partial charge in [-0.15, -0.1) is 0 Å². The molecule has 0 radical (unpaired) electrons. The Labute approximate surface area is 158 Å². The lowest BCUT2D eigenvalue weighted by Crippen LogP contribution is -3.00. The van der Waals surface area contributed by atoms with Crippen molar-refractivity contribution in [3.05, 3.63) is 54.6 Å². The quantitative estimate of drug-likeness (QED) is 0.610. The molecule has 26 heavy (non-hydrogen) atoms. The number of nitrogens with one attached hydrogen (secondary N) is 1. The van der Waals surface area contributed by atoms with Crippen molar-refractivity contribution in [2.75, 3.05) is 42.5 Å². The van der Waals surface area contributed by atoms with Gasteiger partial charge in [-0.05, 0) is 24.3 Å². The molecule has 0 atom stereocenters. The molecule has 0 amide bonds. The highest BCUT2D eigenvalue weighted by molar-refractivity contribution is 6.88. The Balaban J connectivity index is 2.47. The maximum absolute atomic E-state index is 6.48. The highest BCUT2D eigenvalue weighted by Gasteiger charge is 2.55. The maximum Gasteiger partial charge on any atom is 0.529 e. The smallest absolute Gasteiger partial charge is 0.374 e. The van der Waals surface area contributed by atoms with Crippen LogP contribution in [0.25, 0.3) is 0 Å². The second-order valence-electron chi connectivity index (χ2n) is 5.97. The second kappa shape index (κ2) is 9.02. The zero-order valence-corrected chi connectivity index (χ0v) is 18.2. The van der Waals surface area contributed by atoms with Gasteiger partial charge in [0, 0.05) is 38.8 Å². The third kappa shape index (κ3) is 4.13. The first kappa shape index (κ1) is 20.9. The van der Waals surface area contributed by atoms with E-state index in [2.05, 4.69) is 14.1 Å². The Bertz CT molecular complexity index is 674. The van der Waals surface area contributed by atoms with Crippen molar-refractivity contribution >= 4 is 33.7 Å². The van der Waals surface area contributed by atoms with Crippen molar-refractivity contribution in [1.82, 2.24) is 0 Å². The molecule has 0 aromatic heterocycles. The van der Waals surface area contributed by atoms with Crippen LogP contribution in [0, 0.1) is 0 Å². The molecule has 0 aliphatic carbocycles. The van der Waals surface area contributed by atoms with Gasteiger partial charge in [0.15, 0.2) is 0 Å². The fourth-order valence-electron chi connectivity index (χ4n) is 2.75. The molecular weight excluding hydrogens is 366 g/mol. The minimum Gasteiger partial charge on any atom is -0.374 e. The van der Waals surface area contributed by atoms with Gasteiger partial charge in [-0.2, -0.15) is 0 Å². The van der Waals surface area contributed by atoms with Gasteiger partial charge in [0.05, 0.1) is 14.1 Å². The molecule has 0 saturated heterocycles. The molecule has 142 valence electrons. The van der Waals surface area contributed by atoms with E-state index in [1.807, 2.05) is 54.6 Å². The van der Waals surface area contributed by atoms with Crippen molar-refractivity contribution in [3.63, 3.8) is 0 Å². The van der Waals surface area contributed by atoms with Crippen LogP contribution in [-0.2, 0) is 21.8 Å². The van der Waals surface area contributed by atoms with Crippen molar-refractivity contribution in [2.24, 2.45) is 0 Å².